The van der Waals surface area contributed by atoms with Crippen LogP contribution in [-0.2, 0) is 0 Å². The lowest BCUT2D eigenvalue weighted by Crippen LogP contribution is -2.35. The normalized spacial score (nSPS) is 25.3. The number of nitrogens with one attached hydrogen (secondary N) is 1. The number of hydrogen-bond acceptors (Lipinski definition) is 2. The molecule has 0 spiro atoms. The largest absolute Gasteiger partial charge is 0.495 e. The molecule has 1 aromatic carbocycles. The van der Waals surface area contributed by atoms with Crippen molar-refractivity contribution in [1.29, 1.82) is 0 Å². The molecule has 1 saturated carbocycles. The number of hydrogen-bond donors (Lipinski definition) is 1. The van der Waals surface area contributed by atoms with Gasteiger partial charge in [0.1, 0.15) is 5.75 Å². The molecule has 1 aromatic rings. The Bertz CT molecular complexity index is 484. The van der Waals surface area contributed by atoms with Crippen molar-refractivity contribution in [2.75, 3.05) is 12.4 Å². The van der Waals surface area contributed by atoms with Crippen molar-refractivity contribution in [2.45, 2.75) is 53.0 Å². The second-order valence-corrected chi connectivity index (χ2v) is 7.46. The fourth-order valence-corrected chi connectivity index (χ4v) is 3.77. The summed E-state index contributed by atoms with van der Waals surface area (Å²) in [6, 6.07) is 4.49. The molecule has 1 N–H and O–H groups in total. The van der Waals surface area contributed by atoms with Gasteiger partial charge < -0.3 is 10.1 Å². The van der Waals surface area contributed by atoms with Crippen LogP contribution in [0, 0.1) is 18.3 Å². The summed E-state index contributed by atoms with van der Waals surface area (Å²) in [5.74, 6) is 1.59. The van der Waals surface area contributed by atoms with E-state index >= 15 is 0 Å². The molecule has 0 aliphatic heterocycles. The molecule has 2 nitrogen and oxygen atoms in total. The van der Waals surface area contributed by atoms with E-state index in [-0.39, 0.29) is 0 Å². The molecule has 112 valence electrons. The smallest absolute Gasteiger partial charge is 0.143 e. The molecule has 0 heterocycles. The predicted octanol–water partition coefficient (Wildman–Crippen LogP) is 5.28. The van der Waals surface area contributed by atoms with Crippen molar-refractivity contribution in [2.24, 2.45) is 11.3 Å². The molecule has 0 bridgehead atoms. The minimum Gasteiger partial charge on any atom is -0.495 e. The molecular weight excluding hydrogens is 270 g/mol. The first-order chi connectivity index (χ1) is 9.30. The van der Waals surface area contributed by atoms with Gasteiger partial charge in [0, 0.05) is 17.1 Å². The Labute approximate surface area is 127 Å². The van der Waals surface area contributed by atoms with Gasteiger partial charge in [-0.2, -0.15) is 0 Å². The Hall–Kier alpha value is -0.890. The fraction of sp³-hybridized carbons (Fsp3) is 0.647. The van der Waals surface area contributed by atoms with Gasteiger partial charge in [-0.1, -0.05) is 32.4 Å². The number of benzene rings is 1. The van der Waals surface area contributed by atoms with Gasteiger partial charge in [-0.15, -0.1) is 0 Å². The zero-order valence-electron chi connectivity index (χ0n) is 13.2. The molecule has 2 unspecified atom stereocenters. The van der Waals surface area contributed by atoms with Crippen LogP contribution in [0.5, 0.6) is 5.75 Å². The van der Waals surface area contributed by atoms with Crippen molar-refractivity contribution >= 4 is 17.3 Å². The third-order valence-corrected chi connectivity index (χ3v) is 4.63. The van der Waals surface area contributed by atoms with E-state index in [1.807, 2.05) is 13.0 Å². The summed E-state index contributed by atoms with van der Waals surface area (Å²) in [4.78, 5) is 0. The fourth-order valence-electron chi connectivity index (χ4n) is 3.62. The van der Waals surface area contributed by atoms with Crippen LogP contribution in [0.3, 0.4) is 0 Å². The summed E-state index contributed by atoms with van der Waals surface area (Å²) < 4.78 is 5.45. The quantitative estimate of drug-likeness (QED) is 0.818. The van der Waals surface area contributed by atoms with Crippen LogP contribution in [-0.4, -0.2) is 13.2 Å². The molecule has 0 saturated heterocycles. The Morgan fingerprint density at radius 1 is 1.30 bits per heavy atom. The lowest BCUT2D eigenvalue weighted by atomic mass is 9.70. The lowest BCUT2D eigenvalue weighted by molar-refractivity contribution is 0.178. The van der Waals surface area contributed by atoms with Crippen LogP contribution in [0.25, 0.3) is 0 Å². The van der Waals surface area contributed by atoms with E-state index in [1.54, 1.807) is 7.11 Å². The van der Waals surface area contributed by atoms with E-state index in [2.05, 4.69) is 32.2 Å². The maximum absolute atomic E-state index is 6.17. The van der Waals surface area contributed by atoms with Crippen molar-refractivity contribution < 1.29 is 4.74 Å². The van der Waals surface area contributed by atoms with Crippen LogP contribution in [0.15, 0.2) is 12.1 Å². The Morgan fingerprint density at radius 2 is 2.00 bits per heavy atom. The first-order valence-electron chi connectivity index (χ1n) is 7.41. The van der Waals surface area contributed by atoms with Gasteiger partial charge >= 0.3 is 0 Å². The van der Waals surface area contributed by atoms with E-state index in [1.165, 1.54) is 19.3 Å². The molecule has 2 atom stereocenters. The van der Waals surface area contributed by atoms with Crippen LogP contribution in [0.2, 0.25) is 5.02 Å². The number of aryl methyl sites for hydroxylation is 1. The first kappa shape index (κ1) is 15.5. The SMILES string of the molecule is COc1cc(Cl)c(C)cc1NC1CC(C)CC(C)(C)C1. The highest BCUT2D eigenvalue weighted by Crippen LogP contribution is 2.41. The molecule has 0 radical (unpaired) electrons. The van der Waals surface area contributed by atoms with Crippen molar-refractivity contribution in [3.8, 4) is 5.75 Å². The predicted molar refractivity (Wildman–Crippen MR) is 86.9 cm³/mol. The highest BCUT2D eigenvalue weighted by atomic mass is 35.5. The standard InChI is InChI=1S/C17H26ClNO/c1-11-6-13(10-17(3,4)9-11)19-15-7-12(2)14(18)8-16(15)20-5/h7-8,11,13,19H,6,9-10H2,1-5H3. The van der Waals surface area contributed by atoms with E-state index in [9.17, 15) is 0 Å². The third-order valence-electron chi connectivity index (χ3n) is 4.23. The molecule has 3 heteroatoms. The minimum atomic E-state index is 0.407. The van der Waals surface area contributed by atoms with Gasteiger partial charge in [-0.25, -0.2) is 0 Å². The summed E-state index contributed by atoms with van der Waals surface area (Å²) in [6.45, 7) is 9.10. The van der Waals surface area contributed by atoms with Crippen molar-refractivity contribution in [3.63, 3.8) is 0 Å². The maximum Gasteiger partial charge on any atom is 0.143 e. The Balaban J connectivity index is 2.19. The molecule has 1 fully saturated rings. The van der Waals surface area contributed by atoms with Gasteiger partial charge in [0.05, 0.1) is 12.8 Å². The Morgan fingerprint density at radius 3 is 2.60 bits per heavy atom. The van der Waals surface area contributed by atoms with Crippen molar-refractivity contribution in [1.82, 2.24) is 0 Å². The minimum absolute atomic E-state index is 0.407. The third kappa shape index (κ3) is 3.60. The summed E-state index contributed by atoms with van der Waals surface area (Å²) in [7, 11) is 1.69. The molecule has 0 amide bonds. The number of anilines is 1. The van der Waals surface area contributed by atoms with Crippen LogP contribution < -0.4 is 10.1 Å². The highest BCUT2D eigenvalue weighted by molar-refractivity contribution is 6.31. The molecule has 2 rings (SSSR count). The van der Waals surface area contributed by atoms with E-state index in [0.29, 0.717) is 11.5 Å². The molecular formula is C17H26ClNO. The summed E-state index contributed by atoms with van der Waals surface area (Å²) in [6.07, 6.45) is 3.72. The highest BCUT2D eigenvalue weighted by Gasteiger charge is 2.32. The number of rotatable bonds is 3. The molecule has 0 aromatic heterocycles. The summed E-state index contributed by atoms with van der Waals surface area (Å²) in [5, 5.41) is 4.43. The molecule has 20 heavy (non-hydrogen) atoms. The number of ether oxygens (including phenoxy) is 1. The lowest BCUT2D eigenvalue weighted by Gasteiger charge is -2.39. The second-order valence-electron chi connectivity index (χ2n) is 7.06. The Kier molecular flexibility index (Phi) is 4.53. The summed E-state index contributed by atoms with van der Waals surface area (Å²) >= 11 is 6.17. The molecule has 1 aliphatic rings. The van der Waals surface area contributed by atoms with E-state index in [0.717, 1.165) is 27.9 Å². The summed E-state index contributed by atoms with van der Waals surface area (Å²) in [5.41, 5.74) is 2.55. The second kappa shape index (κ2) is 5.85. The van der Waals surface area contributed by atoms with Gasteiger partial charge in [-0.05, 0) is 49.1 Å². The van der Waals surface area contributed by atoms with Crippen LogP contribution in [0.1, 0.15) is 45.6 Å². The van der Waals surface area contributed by atoms with Gasteiger partial charge in [0.25, 0.3) is 0 Å². The monoisotopic (exact) mass is 295 g/mol. The van der Waals surface area contributed by atoms with Gasteiger partial charge in [0.15, 0.2) is 0 Å². The van der Waals surface area contributed by atoms with Gasteiger partial charge in [-0.3, -0.25) is 0 Å². The maximum atomic E-state index is 6.17. The number of halogens is 1. The van der Waals surface area contributed by atoms with E-state index < -0.39 is 0 Å². The van der Waals surface area contributed by atoms with Gasteiger partial charge in [0.2, 0.25) is 0 Å². The van der Waals surface area contributed by atoms with E-state index in [4.69, 9.17) is 16.3 Å². The number of methoxy groups -OCH3 is 1. The zero-order chi connectivity index (χ0) is 14.9. The average Bonchev–Trinajstić information content (AvgIpc) is 2.30. The molecule has 1 aliphatic carbocycles. The van der Waals surface area contributed by atoms with Crippen LogP contribution in [0.4, 0.5) is 5.69 Å². The van der Waals surface area contributed by atoms with Crippen molar-refractivity contribution in [3.05, 3.63) is 22.7 Å². The first-order valence-corrected chi connectivity index (χ1v) is 7.79. The zero-order valence-corrected chi connectivity index (χ0v) is 14.0. The topological polar surface area (TPSA) is 21.3 Å². The average molecular weight is 296 g/mol. The van der Waals surface area contributed by atoms with Crippen LogP contribution >= 0.6 is 11.6 Å².